The second kappa shape index (κ2) is 8.49. The predicted octanol–water partition coefficient (Wildman–Crippen LogP) is 1.45. The molecule has 0 unspecified atom stereocenters. The highest BCUT2D eigenvalue weighted by Gasteiger charge is 2.38. The van der Waals surface area contributed by atoms with E-state index in [0.717, 1.165) is 12.8 Å². The third-order valence-corrected chi connectivity index (χ3v) is 6.56. The molecule has 2 rings (SSSR count). The molecule has 140 valence electrons. The molecule has 0 aromatic carbocycles. The molecule has 0 radical (unpaired) electrons. The first-order chi connectivity index (χ1) is 11.3. The van der Waals surface area contributed by atoms with Gasteiger partial charge < -0.3 is 15.4 Å². The first-order valence-corrected chi connectivity index (χ1v) is 10.7. The number of methoxy groups -OCH3 is 1. The third-order valence-electron chi connectivity index (χ3n) is 5.25. The first-order valence-electron chi connectivity index (χ1n) is 8.87. The van der Waals surface area contributed by atoms with Crippen LogP contribution in [0.1, 0.15) is 51.4 Å². The van der Waals surface area contributed by atoms with Crippen molar-refractivity contribution in [3.05, 3.63) is 0 Å². The average Bonchev–Trinajstić information content (AvgIpc) is 2.53. The topological polar surface area (TPSA) is 87.7 Å². The summed E-state index contributed by atoms with van der Waals surface area (Å²) in [6, 6.07) is 0.125. The van der Waals surface area contributed by atoms with Gasteiger partial charge in [0.2, 0.25) is 10.0 Å². The van der Waals surface area contributed by atoms with Crippen LogP contribution in [0.5, 0.6) is 0 Å². The maximum atomic E-state index is 12.4. The summed E-state index contributed by atoms with van der Waals surface area (Å²) in [5.41, 5.74) is -0.393. The van der Waals surface area contributed by atoms with Gasteiger partial charge >= 0.3 is 6.03 Å². The van der Waals surface area contributed by atoms with Crippen LogP contribution in [0.15, 0.2) is 0 Å². The minimum absolute atomic E-state index is 0.134. The smallest absolute Gasteiger partial charge is 0.315 e. The first kappa shape index (κ1) is 19.5. The number of hydrogen-bond donors (Lipinski definition) is 2. The molecule has 1 saturated heterocycles. The van der Waals surface area contributed by atoms with Crippen LogP contribution in [0.3, 0.4) is 0 Å². The van der Waals surface area contributed by atoms with E-state index in [1.54, 1.807) is 7.11 Å². The summed E-state index contributed by atoms with van der Waals surface area (Å²) >= 11 is 0. The Morgan fingerprint density at radius 1 is 1.21 bits per heavy atom. The SMILES string of the molecule is COCCC1(NC(=O)NC2CCCCC2)CCN(S(C)(=O)=O)CC1. The molecule has 1 aliphatic carbocycles. The molecule has 0 aromatic heterocycles. The van der Waals surface area contributed by atoms with Gasteiger partial charge in [-0.15, -0.1) is 0 Å². The molecule has 2 aliphatic rings. The summed E-state index contributed by atoms with van der Waals surface area (Å²) in [5, 5.41) is 6.22. The Hall–Kier alpha value is -0.860. The summed E-state index contributed by atoms with van der Waals surface area (Å²) in [6.07, 6.45) is 8.83. The van der Waals surface area contributed by atoms with Gasteiger partial charge in [-0.2, -0.15) is 0 Å². The summed E-state index contributed by atoms with van der Waals surface area (Å²) in [6.45, 7) is 1.42. The van der Waals surface area contributed by atoms with E-state index in [2.05, 4.69) is 10.6 Å². The van der Waals surface area contributed by atoms with Gasteiger partial charge in [0.25, 0.3) is 0 Å². The Bertz CT molecular complexity index is 509. The normalized spacial score (nSPS) is 22.9. The highest BCUT2D eigenvalue weighted by atomic mass is 32.2. The van der Waals surface area contributed by atoms with E-state index in [-0.39, 0.29) is 12.1 Å². The monoisotopic (exact) mass is 361 g/mol. The number of rotatable bonds is 6. The van der Waals surface area contributed by atoms with Crippen LogP contribution in [-0.2, 0) is 14.8 Å². The number of nitrogens with one attached hydrogen (secondary N) is 2. The number of amides is 2. The number of nitrogens with zero attached hydrogens (tertiary/aromatic N) is 1. The molecule has 2 fully saturated rings. The van der Waals surface area contributed by atoms with E-state index in [1.807, 2.05) is 0 Å². The fourth-order valence-electron chi connectivity index (χ4n) is 3.69. The lowest BCUT2D eigenvalue weighted by Gasteiger charge is -2.42. The number of carbonyl (C=O) groups is 1. The zero-order valence-electron chi connectivity index (χ0n) is 14.8. The average molecular weight is 362 g/mol. The number of piperidine rings is 1. The summed E-state index contributed by atoms with van der Waals surface area (Å²) in [7, 11) is -1.53. The van der Waals surface area contributed by atoms with Crippen LogP contribution < -0.4 is 10.6 Å². The Morgan fingerprint density at radius 3 is 2.38 bits per heavy atom. The lowest BCUT2D eigenvalue weighted by Crippen LogP contribution is -2.59. The molecular formula is C16H31N3O4S. The van der Waals surface area contributed by atoms with E-state index in [9.17, 15) is 13.2 Å². The van der Waals surface area contributed by atoms with E-state index < -0.39 is 15.6 Å². The van der Waals surface area contributed by atoms with Crippen molar-refractivity contribution in [1.82, 2.24) is 14.9 Å². The van der Waals surface area contributed by atoms with Gasteiger partial charge in [0.1, 0.15) is 0 Å². The number of hydrogen-bond acceptors (Lipinski definition) is 4. The quantitative estimate of drug-likeness (QED) is 0.749. The maximum Gasteiger partial charge on any atom is 0.315 e. The lowest BCUT2D eigenvalue weighted by molar-refractivity contribution is 0.121. The molecule has 0 bridgehead atoms. The highest BCUT2D eigenvalue weighted by molar-refractivity contribution is 7.88. The number of ether oxygens (including phenoxy) is 1. The molecule has 1 aliphatic heterocycles. The highest BCUT2D eigenvalue weighted by Crippen LogP contribution is 2.27. The summed E-state index contributed by atoms with van der Waals surface area (Å²) in [4.78, 5) is 12.4. The lowest BCUT2D eigenvalue weighted by atomic mass is 9.85. The van der Waals surface area contributed by atoms with Crippen molar-refractivity contribution in [3.8, 4) is 0 Å². The second-order valence-electron chi connectivity index (χ2n) is 7.12. The predicted molar refractivity (Wildman–Crippen MR) is 93.4 cm³/mol. The van der Waals surface area contributed by atoms with E-state index in [4.69, 9.17) is 4.74 Å². The molecule has 2 N–H and O–H groups in total. The van der Waals surface area contributed by atoms with Crippen LogP contribution in [0.2, 0.25) is 0 Å². The largest absolute Gasteiger partial charge is 0.385 e. The number of sulfonamides is 1. The van der Waals surface area contributed by atoms with Gasteiger partial charge in [-0.25, -0.2) is 17.5 Å². The van der Waals surface area contributed by atoms with Crippen molar-refractivity contribution in [3.63, 3.8) is 0 Å². The summed E-state index contributed by atoms with van der Waals surface area (Å²) in [5.74, 6) is 0. The fraction of sp³-hybridized carbons (Fsp3) is 0.938. The molecule has 24 heavy (non-hydrogen) atoms. The molecule has 1 saturated carbocycles. The van der Waals surface area contributed by atoms with Crippen molar-refractivity contribution >= 4 is 16.1 Å². The third kappa shape index (κ3) is 5.60. The molecule has 2 amide bonds. The van der Waals surface area contributed by atoms with Crippen molar-refractivity contribution in [2.45, 2.75) is 62.9 Å². The zero-order valence-corrected chi connectivity index (χ0v) is 15.7. The molecule has 0 aromatic rings. The van der Waals surface area contributed by atoms with Crippen LogP contribution in [-0.4, -0.2) is 63.4 Å². The Morgan fingerprint density at radius 2 is 1.83 bits per heavy atom. The van der Waals surface area contributed by atoms with Crippen molar-refractivity contribution in [2.75, 3.05) is 33.1 Å². The number of carbonyl (C=O) groups excluding carboxylic acids is 1. The van der Waals surface area contributed by atoms with Crippen LogP contribution >= 0.6 is 0 Å². The van der Waals surface area contributed by atoms with E-state index in [0.29, 0.717) is 39.0 Å². The van der Waals surface area contributed by atoms with Crippen LogP contribution in [0.25, 0.3) is 0 Å². The van der Waals surface area contributed by atoms with Crippen molar-refractivity contribution in [2.24, 2.45) is 0 Å². The van der Waals surface area contributed by atoms with Crippen molar-refractivity contribution in [1.29, 1.82) is 0 Å². The Balaban J connectivity index is 1.93. The van der Waals surface area contributed by atoms with Gasteiger partial charge in [-0.1, -0.05) is 19.3 Å². The molecular weight excluding hydrogens is 330 g/mol. The minimum atomic E-state index is -3.17. The van der Waals surface area contributed by atoms with Crippen molar-refractivity contribution < 1.29 is 17.9 Å². The Labute approximate surface area is 145 Å². The zero-order chi connectivity index (χ0) is 17.6. The molecule has 1 heterocycles. The van der Waals surface area contributed by atoms with Gasteiger partial charge in [0, 0.05) is 38.4 Å². The molecule has 0 spiro atoms. The molecule has 0 atom stereocenters. The second-order valence-corrected chi connectivity index (χ2v) is 9.10. The molecule has 7 nitrogen and oxygen atoms in total. The fourth-order valence-corrected chi connectivity index (χ4v) is 4.54. The van der Waals surface area contributed by atoms with E-state index in [1.165, 1.54) is 29.8 Å². The van der Waals surface area contributed by atoms with Crippen LogP contribution in [0.4, 0.5) is 4.79 Å². The van der Waals surface area contributed by atoms with Gasteiger partial charge in [0.05, 0.1) is 6.26 Å². The van der Waals surface area contributed by atoms with Crippen LogP contribution in [0, 0.1) is 0 Å². The van der Waals surface area contributed by atoms with Gasteiger partial charge in [-0.3, -0.25) is 0 Å². The summed E-state index contributed by atoms with van der Waals surface area (Å²) < 4.78 is 30.1. The Kier molecular flexibility index (Phi) is 6.88. The standard InChI is InChI=1S/C16H31N3O4S/c1-23-13-10-16(8-11-19(12-9-16)24(2,21)22)18-15(20)17-14-6-4-3-5-7-14/h14H,3-13H2,1-2H3,(H2,17,18,20). The van der Waals surface area contributed by atoms with Gasteiger partial charge in [0.15, 0.2) is 0 Å². The van der Waals surface area contributed by atoms with E-state index >= 15 is 0 Å². The number of urea groups is 1. The maximum absolute atomic E-state index is 12.4. The van der Waals surface area contributed by atoms with Gasteiger partial charge in [-0.05, 0) is 32.1 Å². The molecule has 8 heteroatoms. The minimum Gasteiger partial charge on any atom is -0.385 e.